The number of nitrogens with zero attached hydrogens (tertiary/aromatic N) is 2. The van der Waals surface area contributed by atoms with Crippen LogP contribution in [-0.4, -0.2) is 51.4 Å². The lowest BCUT2D eigenvalue weighted by Gasteiger charge is -2.33. The minimum Gasteiger partial charge on any atom is -0.497 e. The van der Waals surface area contributed by atoms with Gasteiger partial charge < -0.3 is 15.0 Å². The number of nitrogens with one attached hydrogen (secondary N) is 1. The van der Waals surface area contributed by atoms with Crippen LogP contribution in [0.1, 0.15) is 25.8 Å². The molecule has 0 spiro atoms. The number of amides is 2. The van der Waals surface area contributed by atoms with E-state index >= 15 is 0 Å². The van der Waals surface area contributed by atoms with Gasteiger partial charge in [0.1, 0.15) is 18.3 Å². The lowest BCUT2D eigenvalue weighted by atomic mass is 10.1. The number of carbonyl (C=O) groups is 2. The van der Waals surface area contributed by atoms with Crippen LogP contribution in [0.5, 0.6) is 5.75 Å². The molecular weight excluding hydrogens is 490 g/mol. The minimum absolute atomic E-state index is 0.0518. The number of methoxy groups -OCH3 is 1. The Morgan fingerprint density at radius 1 is 0.919 bits per heavy atom. The number of hydrogen-bond acceptors (Lipinski definition) is 5. The largest absolute Gasteiger partial charge is 0.497 e. The summed E-state index contributed by atoms with van der Waals surface area (Å²) in [7, 11) is -2.63. The molecule has 0 aliphatic carbocycles. The zero-order valence-electron chi connectivity index (χ0n) is 21.3. The summed E-state index contributed by atoms with van der Waals surface area (Å²) in [4.78, 5) is 28.3. The van der Waals surface area contributed by atoms with Crippen molar-refractivity contribution in [2.45, 2.75) is 37.8 Å². The molecule has 3 aromatic rings. The van der Waals surface area contributed by atoms with Crippen molar-refractivity contribution < 1.29 is 22.7 Å². The second-order valence-electron chi connectivity index (χ2n) is 8.35. The average molecular weight is 524 g/mol. The molecule has 196 valence electrons. The first-order valence-electron chi connectivity index (χ1n) is 12.1. The summed E-state index contributed by atoms with van der Waals surface area (Å²) in [6.07, 6.45) is 0.370. The van der Waals surface area contributed by atoms with Crippen LogP contribution in [0.2, 0.25) is 0 Å². The van der Waals surface area contributed by atoms with Crippen LogP contribution in [0.4, 0.5) is 5.69 Å². The second-order valence-corrected chi connectivity index (χ2v) is 10.2. The summed E-state index contributed by atoms with van der Waals surface area (Å²) in [6.45, 7) is 3.72. The minimum atomic E-state index is -4.11. The summed E-state index contributed by atoms with van der Waals surface area (Å²) in [5.41, 5.74) is 1.11. The van der Waals surface area contributed by atoms with E-state index in [1.807, 2.05) is 44.2 Å². The first-order valence-corrected chi connectivity index (χ1v) is 13.6. The average Bonchev–Trinajstić information content (AvgIpc) is 2.92. The first-order chi connectivity index (χ1) is 17.8. The van der Waals surface area contributed by atoms with E-state index in [-0.39, 0.29) is 23.0 Å². The van der Waals surface area contributed by atoms with Crippen molar-refractivity contribution >= 4 is 27.5 Å². The Kier molecular flexibility index (Phi) is 9.68. The molecule has 0 heterocycles. The predicted octanol–water partition coefficient (Wildman–Crippen LogP) is 3.83. The highest BCUT2D eigenvalue weighted by atomic mass is 32.2. The Morgan fingerprint density at radius 2 is 1.57 bits per heavy atom. The maximum atomic E-state index is 13.9. The Balaban J connectivity index is 2.05. The van der Waals surface area contributed by atoms with Crippen LogP contribution in [0, 0.1) is 0 Å². The number of ether oxygens (including phenoxy) is 1. The fourth-order valence-corrected chi connectivity index (χ4v) is 5.43. The van der Waals surface area contributed by atoms with Crippen molar-refractivity contribution in [3.05, 3.63) is 90.5 Å². The van der Waals surface area contributed by atoms with E-state index in [0.717, 1.165) is 9.87 Å². The highest BCUT2D eigenvalue weighted by Gasteiger charge is 2.33. The van der Waals surface area contributed by atoms with Gasteiger partial charge in [-0.05, 0) is 43.2 Å². The Labute approximate surface area is 218 Å². The molecule has 1 N–H and O–H groups in total. The zero-order chi connectivity index (χ0) is 26.8. The number of benzene rings is 3. The first kappa shape index (κ1) is 27.7. The normalized spacial score (nSPS) is 11.9. The van der Waals surface area contributed by atoms with Gasteiger partial charge in [0.25, 0.3) is 10.0 Å². The maximum absolute atomic E-state index is 13.9. The van der Waals surface area contributed by atoms with E-state index in [0.29, 0.717) is 18.7 Å². The summed E-state index contributed by atoms with van der Waals surface area (Å²) in [5.74, 6) is -0.328. The number of hydrogen-bond donors (Lipinski definition) is 1. The van der Waals surface area contributed by atoms with E-state index in [9.17, 15) is 18.0 Å². The standard InChI is InChI=1S/C28H33N3O5S/c1-4-26(28(33)29-5-2)30(20-22-13-8-6-9-14-22)27(32)21-31(23-15-12-16-24(19-23)36-3)37(34,35)25-17-10-7-11-18-25/h6-19,26H,4-5,20-21H2,1-3H3,(H,29,33)/t26-/m0/s1. The third-order valence-corrected chi connectivity index (χ3v) is 7.67. The van der Waals surface area contributed by atoms with Gasteiger partial charge in [-0.15, -0.1) is 0 Å². The number of rotatable bonds is 12. The van der Waals surface area contributed by atoms with Crippen LogP contribution in [0.3, 0.4) is 0 Å². The van der Waals surface area contributed by atoms with Gasteiger partial charge in [-0.2, -0.15) is 0 Å². The third kappa shape index (κ3) is 6.89. The number of carbonyl (C=O) groups excluding carboxylic acids is 2. The smallest absolute Gasteiger partial charge is 0.264 e. The van der Waals surface area contributed by atoms with Crippen molar-refractivity contribution in [2.75, 3.05) is 24.5 Å². The molecule has 37 heavy (non-hydrogen) atoms. The van der Waals surface area contributed by atoms with Gasteiger partial charge in [-0.25, -0.2) is 8.42 Å². The molecule has 0 fully saturated rings. The summed E-state index contributed by atoms with van der Waals surface area (Å²) in [5, 5.41) is 2.79. The molecule has 8 nitrogen and oxygen atoms in total. The topological polar surface area (TPSA) is 96.0 Å². The number of likely N-dealkylation sites (N-methyl/N-ethyl adjacent to an activating group) is 1. The molecule has 0 aliphatic heterocycles. The quantitative estimate of drug-likeness (QED) is 0.389. The van der Waals surface area contributed by atoms with Crippen LogP contribution >= 0.6 is 0 Å². The molecule has 0 saturated heterocycles. The molecular formula is C28H33N3O5S. The van der Waals surface area contributed by atoms with Crippen molar-refractivity contribution in [3.8, 4) is 5.75 Å². The Bertz CT molecular complexity index is 1280. The third-order valence-electron chi connectivity index (χ3n) is 5.88. The number of anilines is 1. The Morgan fingerprint density at radius 3 is 2.16 bits per heavy atom. The molecule has 2 amide bonds. The van der Waals surface area contributed by atoms with E-state index in [1.165, 1.54) is 24.1 Å². The van der Waals surface area contributed by atoms with Crippen LogP contribution in [0.15, 0.2) is 89.8 Å². The highest BCUT2D eigenvalue weighted by molar-refractivity contribution is 7.92. The maximum Gasteiger partial charge on any atom is 0.264 e. The monoisotopic (exact) mass is 523 g/mol. The van der Waals surface area contributed by atoms with E-state index in [2.05, 4.69) is 5.32 Å². The molecule has 0 unspecified atom stereocenters. The molecule has 0 bridgehead atoms. The van der Waals surface area contributed by atoms with E-state index in [4.69, 9.17) is 4.74 Å². The zero-order valence-corrected chi connectivity index (χ0v) is 22.1. The molecule has 0 aromatic heterocycles. The van der Waals surface area contributed by atoms with Gasteiger partial charge >= 0.3 is 0 Å². The Hall–Kier alpha value is -3.85. The highest BCUT2D eigenvalue weighted by Crippen LogP contribution is 2.27. The molecule has 0 aliphatic rings. The number of sulfonamides is 1. The molecule has 9 heteroatoms. The van der Waals surface area contributed by atoms with Crippen molar-refractivity contribution in [2.24, 2.45) is 0 Å². The van der Waals surface area contributed by atoms with Gasteiger partial charge in [0.05, 0.1) is 17.7 Å². The lowest BCUT2D eigenvalue weighted by molar-refractivity contribution is -0.140. The SMILES string of the molecule is CCNC(=O)[C@H](CC)N(Cc1ccccc1)C(=O)CN(c1cccc(OC)c1)S(=O)(=O)c1ccccc1. The van der Waals surface area contributed by atoms with Gasteiger partial charge in [0.15, 0.2) is 0 Å². The van der Waals surface area contributed by atoms with Crippen molar-refractivity contribution in [1.29, 1.82) is 0 Å². The fraction of sp³-hybridized carbons (Fsp3) is 0.286. The van der Waals surface area contributed by atoms with Crippen molar-refractivity contribution in [3.63, 3.8) is 0 Å². The molecule has 0 radical (unpaired) electrons. The summed E-state index contributed by atoms with van der Waals surface area (Å²) in [6, 6.07) is 23.0. The van der Waals surface area contributed by atoms with Crippen LogP contribution in [0.25, 0.3) is 0 Å². The van der Waals surface area contributed by atoms with Gasteiger partial charge in [-0.3, -0.25) is 13.9 Å². The van der Waals surface area contributed by atoms with E-state index < -0.39 is 28.5 Å². The molecule has 1 atom stereocenters. The van der Waals surface area contributed by atoms with E-state index in [1.54, 1.807) is 42.5 Å². The summed E-state index contributed by atoms with van der Waals surface area (Å²) < 4.78 is 33.9. The molecule has 3 aromatic carbocycles. The lowest BCUT2D eigenvalue weighted by Crippen LogP contribution is -2.52. The molecule has 0 saturated carbocycles. The van der Waals surface area contributed by atoms with Crippen LogP contribution < -0.4 is 14.4 Å². The fourth-order valence-electron chi connectivity index (χ4n) is 4.01. The van der Waals surface area contributed by atoms with Gasteiger partial charge in [0, 0.05) is 19.2 Å². The van der Waals surface area contributed by atoms with Crippen molar-refractivity contribution in [1.82, 2.24) is 10.2 Å². The van der Waals surface area contributed by atoms with Crippen LogP contribution in [-0.2, 0) is 26.2 Å². The summed E-state index contributed by atoms with van der Waals surface area (Å²) >= 11 is 0. The molecule has 3 rings (SSSR count). The van der Waals surface area contributed by atoms with Gasteiger partial charge in [-0.1, -0.05) is 61.5 Å². The second kappa shape index (κ2) is 12.9. The predicted molar refractivity (Wildman–Crippen MR) is 144 cm³/mol. The van der Waals surface area contributed by atoms with Gasteiger partial charge in [0.2, 0.25) is 11.8 Å².